The molecule has 6 rings (SSSR count). The molecule has 4 aromatic rings. The van der Waals surface area contributed by atoms with Crippen LogP contribution in [0.25, 0.3) is 10.9 Å². The number of hydrogen-bond acceptors (Lipinski definition) is 3. The average Bonchev–Trinajstić information content (AvgIpc) is 3.30. The molecule has 1 aliphatic heterocycles. The summed E-state index contributed by atoms with van der Waals surface area (Å²) >= 11 is 0. The summed E-state index contributed by atoms with van der Waals surface area (Å²) in [4.78, 5) is 29.1. The molecule has 1 aliphatic carbocycles. The van der Waals surface area contributed by atoms with Crippen molar-refractivity contribution in [2.24, 2.45) is 5.92 Å². The minimum Gasteiger partial charge on any atom is -0.459 e. The standard InChI is InChI=1S/C35H38N2O3/c1-25(38)37-32(21-26-13-5-2-6-14-26)34-30(22-33(37)35(39)40-24-28-17-9-4-10-18-28)29-19-11-12-20-31(29)36(34)23-27-15-7-3-8-16-27/h3-4,7-12,15-20,26,32-33H,2,5-6,13-14,21-24H2,1H3/t32-,33+/m1/s1. The van der Waals surface area contributed by atoms with Gasteiger partial charge in [-0.25, -0.2) is 4.79 Å². The highest BCUT2D eigenvalue weighted by Gasteiger charge is 2.44. The van der Waals surface area contributed by atoms with E-state index in [-0.39, 0.29) is 24.5 Å². The summed E-state index contributed by atoms with van der Waals surface area (Å²) < 4.78 is 8.29. The van der Waals surface area contributed by atoms with E-state index in [1.165, 1.54) is 54.3 Å². The van der Waals surface area contributed by atoms with Crippen molar-refractivity contribution < 1.29 is 14.3 Å². The zero-order chi connectivity index (χ0) is 27.5. The fourth-order valence-corrected chi connectivity index (χ4v) is 6.99. The number of carbonyl (C=O) groups excluding carboxylic acids is 2. The van der Waals surface area contributed by atoms with Crippen LogP contribution in [0.15, 0.2) is 84.9 Å². The highest BCUT2D eigenvalue weighted by atomic mass is 16.5. The molecule has 5 heteroatoms. The maximum absolute atomic E-state index is 13.7. The van der Waals surface area contributed by atoms with Crippen LogP contribution in [-0.4, -0.2) is 27.4 Å². The zero-order valence-corrected chi connectivity index (χ0v) is 23.3. The number of esters is 1. The minimum atomic E-state index is -0.640. The van der Waals surface area contributed by atoms with E-state index in [1.54, 1.807) is 6.92 Å². The normalized spacial score (nSPS) is 19.4. The van der Waals surface area contributed by atoms with Crippen LogP contribution in [0.1, 0.15) is 73.9 Å². The van der Waals surface area contributed by atoms with Gasteiger partial charge in [-0.1, -0.05) is 111 Å². The molecule has 0 spiro atoms. The number of ether oxygens (including phenoxy) is 1. The van der Waals surface area contributed by atoms with Crippen molar-refractivity contribution in [2.45, 2.75) is 77.1 Å². The van der Waals surface area contributed by atoms with Gasteiger partial charge in [-0.2, -0.15) is 0 Å². The van der Waals surface area contributed by atoms with Crippen molar-refractivity contribution in [3.05, 3.63) is 107 Å². The molecule has 2 aliphatic rings. The topological polar surface area (TPSA) is 51.5 Å². The Morgan fingerprint density at radius 1 is 0.825 bits per heavy atom. The molecule has 2 atom stereocenters. The van der Waals surface area contributed by atoms with Gasteiger partial charge in [-0.05, 0) is 35.1 Å². The number of benzene rings is 3. The molecule has 2 heterocycles. The first-order chi connectivity index (χ1) is 19.6. The van der Waals surface area contributed by atoms with Crippen LogP contribution in [0.4, 0.5) is 0 Å². The minimum absolute atomic E-state index is 0.0652. The third-order valence-electron chi connectivity index (χ3n) is 8.83. The quantitative estimate of drug-likeness (QED) is 0.235. The summed E-state index contributed by atoms with van der Waals surface area (Å²) in [6.45, 7) is 2.55. The van der Waals surface area contributed by atoms with Crippen LogP contribution < -0.4 is 0 Å². The number of aromatic nitrogens is 1. The van der Waals surface area contributed by atoms with E-state index in [9.17, 15) is 9.59 Å². The lowest BCUT2D eigenvalue weighted by atomic mass is 9.80. The molecular weight excluding hydrogens is 496 g/mol. The summed E-state index contributed by atoms with van der Waals surface area (Å²) in [5.41, 5.74) is 5.71. The van der Waals surface area contributed by atoms with E-state index >= 15 is 0 Å². The van der Waals surface area contributed by atoms with Gasteiger partial charge in [0.05, 0.1) is 6.04 Å². The van der Waals surface area contributed by atoms with E-state index in [2.05, 4.69) is 53.1 Å². The molecule has 0 unspecified atom stereocenters. The fraction of sp³-hybridized carbons (Fsp3) is 0.371. The summed E-state index contributed by atoms with van der Waals surface area (Å²) in [5, 5.41) is 1.17. The number of hydrogen-bond donors (Lipinski definition) is 0. The second kappa shape index (κ2) is 11.7. The van der Waals surface area contributed by atoms with E-state index in [0.717, 1.165) is 24.0 Å². The number of nitrogens with zero attached hydrogens (tertiary/aromatic N) is 2. The van der Waals surface area contributed by atoms with E-state index in [0.29, 0.717) is 12.3 Å². The Bertz CT molecular complexity index is 1470. The summed E-state index contributed by atoms with van der Waals surface area (Å²) in [7, 11) is 0. The van der Waals surface area contributed by atoms with Gasteiger partial charge < -0.3 is 14.2 Å². The Balaban J connectivity index is 1.44. The lowest BCUT2D eigenvalue weighted by Gasteiger charge is -2.43. The molecule has 0 radical (unpaired) electrons. The van der Waals surface area contributed by atoms with Crippen molar-refractivity contribution in [3.63, 3.8) is 0 Å². The smallest absolute Gasteiger partial charge is 0.329 e. The first-order valence-corrected chi connectivity index (χ1v) is 14.7. The van der Waals surface area contributed by atoms with Gasteiger partial charge >= 0.3 is 5.97 Å². The predicted molar refractivity (Wildman–Crippen MR) is 158 cm³/mol. The second-order valence-electron chi connectivity index (χ2n) is 11.4. The Kier molecular flexibility index (Phi) is 7.72. The molecule has 1 amide bonds. The van der Waals surface area contributed by atoms with Crippen molar-refractivity contribution in [2.75, 3.05) is 0 Å². The van der Waals surface area contributed by atoms with E-state index in [4.69, 9.17) is 4.74 Å². The molecule has 3 aromatic carbocycles. The lowest BCUT2D eigenvalue weighted by Crippen LogP contribution is -2.51. The SMILES string of the molecule is CC(=O)N1[C@H](CC2CCCCC2)c2c(c3ccccc3n2Cc2ccccc2)C[C@H]1C(=O)OCc1ccccc1. The zero-order valence-electron chi connectivity index (χ0n) is 23.3. The van der Waals surface area contributed by atoms with Crippen LogP contribution in [0.3, 0.4) is 0 Å². The average molecular weight is 535 g/mol. The van der Waals surface area contributed by atoms with Crippen LogP contribution in [-0.2, 0) is 33.9 Å². The molecular formula is C35H38N2O3. The number of carbonyl (C=O) groups is 2. The Morgan fingerprint density at radius 2 is 1.48 bits per heavy atom. The maximum Gasteiger partial charge on any atom is 0.329 e. The lowest BCUT2D eigenvalue weighted by molar-refractivity contribution is -0.159. The largest absolute Gasteiger partial charge is 0.459 e. The van der Waals surface area contributed by atoms with Crippen molar-refractivity contribution >= 4 is 22.8 Å². The number of para-hydroxylation sites is 1. The maximum atomic E-state index is 13.7. The van der Waals surface area contributed by atoms with Crippen LogP contribution >= 0.6 is 0 Å². The molecule has 0 saturated heterocycles. The number of fused-ring (bicyclic) bond motifs is 3. The third kappa shape index (κ3) is 5.30. The van der Waals surface area contributed by atoms with Gasteiger partial charge in [0.15, 0.2) is 0 Å². The van der Waals surface area contributed by atoms with Crippen LogP contribution in [0.2, 0.25) is 0 Å². The molecule has 206 valence electrons. The predicted octanol–water partition coefficient (Wildman–Crippen LogP) is 7.22. The molecule has 0 N–H and O–H groups in total. The van der Waals surface area contributed by atoms with Gasteiger partial charge in [0.2, 0.25) is 5.91 Å². The fourth-order valence-electron chi connectivity index (χ4n) is 6.99. The molecule has 40 heavy (non-hydrogen) atoms. The van der Waals surface area contributed by atoms with E-state index < -0.39 is 6.04 Å². The molecule has 0 bridgehead atoms. The van der Waals surface area contributed by atoms with Crippen molar-refractivity contribution in [1.29, 1.82) is 0 Å². The molecule has 1 fully saturated rings. The Labute approximate surface area is 236 Å². The van der Waals surface area contributed by atoms with Crippen molar-refractivity contribution in [3.8, 4) is 0 Å². The number of rotatable bonds is 7. The molecule has 1 saturated carbocycles. The second-order valence-corrected chi connectivity index (χ2v) is 11.4. The van der Waals surface area contributed by atoms with Gasteiger partial charge in [-0.3, -0.25) is 4.79 Å². The highest BCUT2D eigenvalue weighted by molar-refractivity contribution is 5.90. The van der Waals surface area contributed by atoms with Crippen LogP contribution in [0.5, 0.6) is 0 Å². The van der Waals surface area contributed by atoms with E-state index in [1.807, 2.05) is 41.3 Å². The Hall–Kier alpha value is -3.86. The monoisotopic (exact) mass is 534 g/mol. The molecule has 5 nitrogen and oxygen atoms in total. The van der Waals surface area contributed by atoms with Crippen LogP contribution in [0, 0.1) is 5.92 Å². The number of amides is 1. The van der Waals surface area contributed by atoms with Gasteiger partial charge in [0.25, 0.3) is 0 Å². The third-order valence-corrected chi connectivity index (χ3v) is 8.83. The summed E-state index contributed by atoms with van der Waals surface area (Å²) in [6, 6.07) is 28.0. The van der Waals surface area contributed by atoms with Crippen molar-refractivity contribution in [1.82, 2.24) is 9.47 Å². The van der Waals surface area contributed by atoms with Gasteiger partial charge in [-0.15, -0.1) is 0 Å². The Morgan fingerprint density at radius 3 is 2.17 bits per heavy atom. The van der Waals surface area contributed by atoms with Gasteiger partial charge in [0, 0.05) is 36.5 Å². The first kappa shape index (κ1) is 26.4. The first-order valence-electron chi connectivity index (χ1n) is 14.7. The summed E-state index contributed by atoms with van der Waals surface area (Å²) in [6.07, 6.45) is 7.46. The summed E-state index contributed by atoms with van der Waals surface area (Å²) in [5.74, 6) is 0.151. The highest BCUT2D eigenvalue weighted by Crippen LogP contribution is 2.45. The molecule has 1 aromatic heterocycles. The van der Waals surface area contributed by atoms with Gasteiger partial charge in [0.1, 0.15) is 12.6 Å².